The minimum atomic E-state index is -3.66. The molecule has 0 fully saturated rings. The lowest BCUT2D eigenvalue weighted by atomic mass is 10.1. The van der Waals surface area contributed by atoms with E-state index in [1.54, 1.807) is 0 Å². The van der Waals surface area contributed by atoms with Crippen molar-refractivity contribution in [3.05, 3.63) is 17.7 Å². The van der Waals surface area contributed by atoms with Crippen molar-refractivity contribution in [3.63, 3.8) is 0 Å². The largest absolute Gasteiger partial charge is 0.490 e. The zero-order valence-electron chi connectivity index (χ0n) is 11.2. The Labute approximate surface area is 117 Å². The van der Waals surface area contributed by atoms with Crippen LogP contribution in [-0.2, 0) is 14.8 Å². The first-order valence-corrected chi connectivity index (χ1v) is 7.54. The van der Waals surface area contributed by atoms with Crippen molar-refractivity contribution in [2.75, 3.05) is 32.6 Å². The molecule has 110 valence electrons. The molecule has 20 heavy (non-hydrogen) atoms. The Balaban J connectivity index is 2.64. The van der Waals surface area contributed by atoms with E-state index in [-0.39, 0.29) is 10.5 Å². The van der Waals surface area contributed by atoms with E-state index < -0.39 is 16.0 Å². The Morgan fingerprint density at radius 3 is 2.85 bits per heavy atom. The van der Waals surface area contributed by atoms with Crippen LogP contribution in [-0.4, -0.2) is 41.7 Å². The van der Waals surface area contributed by atoms with Crippen molar-refractivity contribution in [3.8, 4) is 5.75 Å². The molecule has 1 aliphatic rings. The minimum Gasteiger partial charge on any atom is -0.490 e. The minimum absolute atomic E-state index is 0.0165. The van der Waals surface area contributed by atoms with Crippen LogP contribution in [0.5, 0.6) is 5.75 Å². The van der Waals surface area contributed by atoms with Crippen molar-refractivity contribution in [2.45, 2.75) is 11.3 Å². The normalized spacial score (nSPS) is 14.5. The number of hydrogen-bond acceptors (Lipinski definition) is 6. The second-order valence-corrected chi connectivity index (χ2v) is 6.06. The molecule has 2 N–H and O–H groups in total. The lowest BCUT2D eigenvalue weighted by Crippen LogP contribution is -2.20. The molecule has 0 bridgehead atoms. The van der Waals surface area contributed by atoms with Gasteiger partial charge in [-0.2, -0.15) is 0 Å². The molecule has 0 atom stereocenters. The van der Waals surface area contributed by atoms with Gasteiger partial charge in [-0.3, -0.25) is 0 Å². The number of methoxy groups -OCH3 is 1. The molecule has 8 heteroatoms. The van der Waals surface area contributed by atoms with E-state index in [4.69, 9.17) is 4.74 Å². The topological polar surface area (TPSA) is 93.7 Å². The molecule has 1 heterocycles. The zero-order chi connectivity index (χ0) is 14.8. The molecule has 0 saturated carbocycles. The van der Waals surface area contributed by atoms with Gasteiger partial charge in [0.15, 0.2) is 5.75 Å². The Bertz CT molecular complexity index is 627. The number of carbonyl (C=O) groups excluding carboxylic acids is 1. The molecule has 0 radical (unpaired) electrons. The Morgan fingerprint density at radius 2 is 2.20 bits per heavy atom. The van der Waals surface area contributed by atoms with Crippen LogP contribution in [0.25, 0.3) is 0 Å². The van der Waals surface area contributed by atoms with Gasteiger partial charge in [0.25, 0.3) is 0 Å². The van der Waals surface area contributed by atoms with Crippen LogP contribution in [0.1, 0.15) is 16.8 Å². The third-order valence-electron chi connectivity index (χ3n) is 2.93. The van der Waals surface area contributed by atoms with Gasteiger partial charge in [-0.05, 0) is 25.6 Å². The highest BCUT2D eigenvalue weighted by molar-refractivity contribution is 7.89. The number of rotatable bonds is 3. The number of sulfonamides is 1. The summed E-state index contributed by atoms with van der Waals surface area (Å²) in [4.78, 5) is 11.8. The van der Waals surface area contributed by atoms with E-state index in [9.17, 15) is 13.2 Å². The third-order valence-corrected chi connectivity index (χ3v) is 4.32. The molecule has 0 amide bonds. The van der Waals surface area contributed by atoms with Crippen LogP contribution in [0, 0.1) is 0 Å². The second kappa shape index (κ2) is 5.68. The first-order valence-electron chi connectivity index (χ1n) is 6.06. The van der Waals surface area contributed by atoms with Crippen molar-refractivity contribution >= 4 is 21.7 Å². The van der Waals surface area contributed by atoms with Crippen LogP contribution < -0.4 is 14.8 Å². The van der Waals surface area contributed by atoms with Gasteiger partial charge in [0.2, 0.25) is 10.0 Å². The molecule has 0 spiro atoms. The van der Waals surface area contributed by atoms with E-state index in [2.05, 4.69) is 14.8 Å². The molecule has 0 aromatic heterocycles. The van der Waals surface area contributed by atoms with Gasteiger partial charge in [0, 0.05) is 6.54 Å². The zero-order valence-corrected chi connectivity index (χ0v) is 12.0. The number of ether oxygens (including phenoxy) is 2. The maximum Gasteiger partial charge on any atom is 0.341 e. The summed E-state index contributed by atoms with van der Waals surface area (Å²) in [5.74, 6) is -0.317. The quantitative estimate of drug-likeness (QED) is 0.793. The maximum atomic E-state index is 11.9. The van der Waals surface area contributed by atoms with Gasteiger partial charge in [0.05, 0.1) is 24.3 Å². The van der Waals surface area contributed by atoms with Gasteiger partial charge >= 0.3 is 5.97 Å². The van der Waals surface area contributed by atoms with Crippen LogP contribution >= 0.6 is 0 Å². The summed E-state index contributed by atoms with van der Waals surface area (Å²) < 4.78 is 36.2. The molecular formula is C12H16N2O5S. The number of hydrogen-bond donors (Lipinski definition) is 2. The van der Waals surface area contributed by atoms with Crippen molar-refractivity contribution in [1.29, 1.82) is 0 Å². The highest BCUT2D eigenvalue weighted by Gasteiger charge is 2.24. The smallest absolute Gasteiger partial charge is 0.341 e. The van der Waals surface area contributed by atoms with Crippen LogP contribution in [0.15, 0.2) is 17.0 Å². The summed E-state index contributed by atoms with van der Waals surface area (Å²) in [6, 6.07) is 2.70. The van der Waals surface area contributed by atoms with Gasteiger partial charge in [0.1, 0.15) is 5.56 Å². The number of benzene rings is 1. The van der Waals surface area contributed by atoms with Crippen molar-refractivity contribution < 1.29 is 22.7 Å². The summed E-state index contributed by atoms with van der Waals surface area (Å²) >= 11 is 0. The highest BCUT2D eigenvalue weighted by Crippen LogP contribution is 2.34. The molecule has 0 unspecified atom stereocenters. The first-order chi connectivity index (χ1) is 9.49. The van der Waals surface area contributed by atoms with Crippen molar-refractivity contribution in [1.82, 2.24) is 4.72 Å². The Morgan fingerprint density at radius 1 is 1.45 bits per heavy atom. The average molecular weight is 300 g/mol. The van der Waals surface area contributed by atoms with E-state index in [0.717, 1.165) is 6.42 Å². The predicted molar refractivity (Wildman–Crippen MR) is 72.6 cm³/mol. The van der Waals surface area contributed by atoms with Crippen LogP contribution in [0.2, 0.25) is 0 Å². The van der Waals surface area contributed by atoms with E-state index in [0.29, 0.717) is 24.6 Å². The SMILES string of the molecule is CNS(=O)(=O)c1cc2c(c(C(=O)OC)c1)OCCCN2. The highest BCUT2D eigenvalue weighted by atomic mass is 32.2. The number of nitrogens with one attached hydrogen (secondary N) is 2. The molecule has 1 aromatic rings. The van der Waals surface area contributed by atoms with E-state index >= 15 is 0 Å². The summed E-state index contributed by atoms with van der Waals surface area (Å²) in [6.45, 7) is 1.08. The van der Waals surface area contributed by atoms with Gasteiger partial charge in [-0.15, -0.1) is 0 Å². The summed E-state index contributed by atoms with van der Waals surface area (Å²) in [5, 5.41) is 3.06. The Hall–Kier alpha value is -1.80. The molecule has 0 aliphatic carbocycles. The molecule has 1 aliphatic heterocycles. The van der Waals surface area contributed by atoms with E-state index in [1.807, 2.05) is 0 Å². The first kappa shape index (κ1) is 14.6. The molecule has 0 saturated heterocycles. The third kappa shape index (κ3) is 2.70. The monoisotopic (exact) mass is 300 g/mol. The van der Waals surface area contributed by atoms with Crippen LogP contribution in [0.3, 0.4) is 0 Å². The summed E-state index contributed by atoms with van der Waals surface area (Å²) in [6.07, 6.45) is 0.753. The molecular weight excluding hydrogens is 284 g/mol. The second-order valence-electron chi connectivity index (χ2n) is 4.18. The lowest BCUT2D eigenvalue weighted by molar-refractivity contribution is 0.0596. The number of fused-ring (bicyclic) bond motifs is 1. The maximum absolute atomic E-state index is 11.9. The lowest BCUT2D eigenvalue weighted by Gasteiger charge is -2.14. The van der Waals surface area contributed by atoms with Crippen molar-refractivity contribution in [2.24, 2.45) is 0 Å². The molecule has 2 rings (SSSR count). The fourth-order valence-electron chi connectivity index (χ4n) is 1.89. The predicted octanol–water partition coefficient (Wildman–Crippen LogP) is 0.576. The van der Waals surface area contributed by atoms with E-state index in [1.165, 1.54) is 26.3 Å². The van der Waals surface area contributed by atoms with Crippen LogP contribution in [0.4, 0.5) is 5.69 Å². The Kier molecular flexibility index (Phi) is 4.15. The number of anilines is 1. The number of carbonyl (C=O) groups is 1. The molecule has 1 aromatic carbocycles. The summed E-state index contributed by atoms with van der Waals surface area (Å²) in [5.41, 5.74) is 0.562. The van der Waals surface area contributed by atoms with Gasteiger partial charge < -0.3 is 14.8 Å². The average Bonchev–Trinajstić information content (AvgIpc) is 2.70. The van der Waals surface area contributed by atoms with Gasteiger partial charge in [-0.25, -0.2) is 17.9 Å². The summed E-state index contributed by atoms with van der Waals surface area (Å²) in [7, 11) is -1.12. The van der Waals surface area contributed by atoms with Gasteiger partial charge in [-0.1, -0.05) is 0 Å². The molecule has 7 nitrogen and oxygen atoms in total. The fraction of sp³-hybridized carbons (Fsp3) is 0.417. The fourth-order valence-corrected chi connectivity index (χ4v) is 2.67. The standard InChI is InChI=1S/C12H16N2O5S/c1-13-20(16,17)8-6-9(12(15)18-2)11-10(7-8)14-4-3-5-19-11/h6-7,13-14H,3-5H2,1-2H3. The number of esters is 1.